The zero-order valence-electron chi connectivity index (χ0n) is 10.5. The maximum Gasteiger partial charge on any atom is 0.140 e. The van der Waals surface area contributed by atoms with E-state index < -0.39 is 0 Å². The van der Waals surface area contributed by atoms with E-state index in [1.165, 1.54) is 9.75 Å². The zero-order valence-corrected chi connectivity index (χ0v) is 11.3. The van der Waals surface area contributed by atoms with E-state index in [-0.39, 0.29) is 0 Å². The smallest absolute Gasteiger partial charge is 0.140 e. The first-order chi connectivity index (χ1) is 8.15. The molecule has 5 heteroatoms. The van der Waals surface area contributed by atoms with Crippen LogP contribution in [-0.2, 0) is 20.0 Å². The Balaban J connectivity index is 1.82. The second kappa shape index (κ2) is 5.42. The fourth-order valence-electron chi connectivity index (χ4n) is 1.71. The largest absolute Gasteiger partial charge is 0.307 e. The number of nitrogens with zero attached hydrogens (tertiary/aromatic N) is 3. The molecule has 0 aromatic carbocycles. The summed E-state index contributed by atoms with van der Waals surface area (Å²) in [6.07, 6.45) is 2.65. The van der Waals surface area contributed by atoms with Crippen molar-refractivity contribution in [3.8, 4) is 0 Å². The molecule has 2 aromatic rings. The van der Waals surface area contributed by atoms with Crippen LogP contribution in [-0.4, -0.2) is 20.8 Å². The first kappa shape index (κ1) is 12.3. The van der Waals surface area contributed by atoms with Crippen molar-refractivity contribution >= 4 is 11.3 Å². The Bertz CT molecular complexity index is 474. The van der Waals surface area contributed by atoms with Gasteiger partial charge in [-0.25, -0.2) is 4.98 Å². The van der Waals surface area contributed by atoms with Gasteiger partial charge in [0.15, 0.2) is 0 Å². The Morgan fingerprint density at radius 1 is 1.47 bits per heavy atom. The molecule has 2 aromatic heterocycles. The number of aromatic nitrogens is 3. The molecule has 0 bridgehead atoms. The molecule has 0 radical (unpaired) electrons. The summed E-state index contributed by atoms with van der Waals surface area (Å²) >= 11 is 1.87. The van der Waals surface area contributed by atoms with E-state index in [1.807, 2.05) is 18.4 Å². The number of thiophene rings is 1. The van der Waals surface area contributed by atoms with Crippen LogP contribution in [0.5, 0.6) is 0 Å². The molecule has 0 fully saturated rings. The summed E-state index contributed by atoms with van der Waals surface area (Å²) < 4.78 is 1.80. The van der Waals surface area contributed by atoms with Crippen molar-refractivity contribution in [1.29, 1.82) is 0 Å². The van der Waals surface area contributed by atoms with Crippen molar-refractivity contribution in [1.82, 2.24) is 20.1 Å². The summed E-state index contributed by atoms with van der Waals surface area (Å²) in [5, 5.41) is 7.52. The Labute approximate surface area is 106 Å². The topological polar surface area (TPSA) is 42.7 Å². The highest BCUT2D eigenvalue weighted by atomic mass is 32.1. The van der Waals surface area contributed by atoms with Gasteiger partial charge in [-0.15, -0.1) is 11.3 Å². The highest BCUT2D eigenvalue weighted by Gasteiger charge is 2.07. The maximum atomic E-state index is 4.19. The molecule has 0 amide bonds. The molecule has 0 spiro atoms. The Morgan fingerprint density at radius 3 is 2.88 bits per heavy atom. The van der Waals surface area contributed by atoms with Gasteiger partial charge in [-0.3, -0.25) is 4.68 Å². The molecule has 1 atom stereocenters. The highest BCUT2D eigenvalue weighted by molar-refractivity contribution is 7.11. The molecule has 2 heterocycles. The second-order valence-corrected chi connectivity index (χ2v) is 5.67. The van der Waals surface area contributed by atoms with Crippen LogP contribution < -0.4 is 5.32 Å². The number of aryl methyl sites for hydroxylation is 2. The van der Waals surface area contributed by atoms with Gasteiger partial charge in [0.05, 0.1) is 6.54 Å². The van der Waals surface area contributed by atoms with Crippen LogP contribution >= 0.6 is 11.3 Å². The minimum Gasteiger partial charge on any atom is -0.307 e. The second-order valence-electron chi connectivity index (χ2n) is 4.30. The van der Waals surface area contributed by atoms with Gasteiger partial charge in [0.1, 0.15) is 12.2 Å². The quantitative estimate of drug-likeness (QED) is 0.881. The molecule has 2 rings (SSSR count). The molecule has 0 aliphatic rings. The Morgan fingerprint density at radius 2 is 2.29 bits per heavy atom. The predicted octanol–water partition coefficient (Wildman–Crippen LogP) is 1.91. The van der Waals surface area contributed by atoms with E-state index in [1.54, 1.807) is 11.0 Å². The number of rotatable bonds is 5. The van der Waals surface area contributed by atoms with Crippen molar-refractivity contribution in [2.45, 2.75) is 32.9 Å². The maximum absolute atomic E-state index is 4.19. The molecular formula is C12H18N4S. The number of nitrogens with one attached hydrogen (secondary N) is 1. The van der Waals surface area contributed by atoms with Crippen LogP contribution in [0.25, 0.3) is 0 Å². The molecule has 92 valence electrons. The van der Waals surface area contributed by atoms with E-state index in [9.17, 15) is 0 Å². The van der Waals surface area contributed by atoms with Gasteiger partial charge in [0.25, 0.3) is 0 Å². The van der Waals surface area contributed by atoms with Gasteiger partial charge in [0, 0.05) is 22.8 Å². The summed E-state index contributed by atoms with van der Waals surface area (Å²) in [4.78, 5) is 7.00. The molecule has 0 saturated carbocycles. The standard InChI is InChI=1S/C12H18N4S/c1-9(6-11-5-4-10(2)17-11)13-7-12-14-8-15-16(12)3/h4-5,8-9,13H,6-7H2,1-3H3. The van der Waals surface area contributed by atoms with E-state index >= 15 is 0 Å². The summed E-state index contributed by atoms with van der Waals surface area (Å²) in [5.74, 6) is 0.971. The fraction of sp³-hybridized carbons (Fsp3) is 0.500. The molecule has 0 aliphatic carbocycles. The summed E-state index contributed by atoms with van der Waals surface area (Å²) in [7, 11) is 1.91. The lowest BCUT2D eigenvalue weighted by molar-refractivity contribution is 0.521. The lowest BCUT2D eigenvalue weighted by Crippen LogP contribution is -2.28. The predicted molar refractivity (Wildman–Crippen MR) is 70.1 cm³/mol. The van der Waals surface area contributed by atoms with Crippen LogP contribution in [0.3, 0.4) is 0 Å². The molecule has 0 aliphatic heterocycles. The first-order valence-electron chi connectivity index (χ1n) is 5.76. The van der Waals surface area contributed by atoms with E-state index in [0.29, 0.717) is 6.04 Å². The number of hydrogen-bond acceptors (Lipinski definition) is 4. The van der Waals surface area contributed by atoms with Crippen LogP contribution in [0.2, 0.25) is 0 Å². The third-order valence-electron chi connectivity index (χ3n) is 2.72. The lowest BCUT2D eigenvalue weighted by atomic mass is 10.2. The van der Waals surface area contributed by atoms with E-state index in [2.05, 4.69) is 41.4 Å². The Kier molecular flexibility index (Phi) is 3.91. The van der Waals surface area contributed by atoms with Gasteiger partial charge in [-0.2, -0.15) is 5.10 Å². The molecule has 17 heavy (non-hydrogen) atoms. The molecular weight excluding hydrogens is 232 g/mol. The van der Waals surface area contributed by atoms with Gasteiger partial charge < -0.3 is 5.32 Å². The van der Waals surface area contributed by atoms with Crippen LogP contribution in [0.4, 0.5) is 0 Å². The molecule has 0 saturated heterocycles. The van der Waals surface area contributed by atoms with Gasteiger partial charge in [-0.1, -0.05) is 0 Å². The monoisotopic (exact) mass is 250 g/mol. The van der Waals surface area contributed by atoms with Gasteiger partial charge in [-0.05, 0) is 32.4 Å². The van der Waals surface area contributed by atoms with Gasteiger partial charge >= 0.3 is 0 Å². The molecule has 4 nitrogen and oxygen atoms in total. The van der Waals surface area contributed by atoms with Crippen LogP contribution in [0.15, 0.2) is 18.5 Å². The molecule has 1 N–H and O–H groups in total. The third kappa shape index (κ3) is 3.38. The average Bonchev–Trinajstić information content (AvgIpc) is 2.85. The van der Waals surface area contributed by atoms with Crippen molar-refractivity contribution in [3.05, 3.63) is 34.0 Å². The van der Waals surface area contributed by atoms with Crippen LogP contribution in [0.1, 0.15) is 22.5 Å². The number of hydrogen-bond donors (Lipinski definition) is 1. The van der Waals surface area contributed by atoms with E-state index in [0.717, 1.165) is 18.8 Å². The third-order valence-corrected chi connectivity index (χ3v) is 3.74. The minimum atomic E-state index is 0.449. The lowest BCUT2D eigenvalue weighted by Gasteiger charge is -2.12. The first-order valence-corrected chi connectivity index (χ1v) is 6.58. The summed E-state index contributed by atoms with van der Waals surface area (Å²) in [6.45, 7) is 5.11. The minimum absolute atomic E-state index is 0.449. The average molecular weight is 250 g/mol. The fourth-order valence-corrected chi connectivity index (χ4v) is 2.73. The zero-order chi connectivity index (χ0) is 12.3. The van der Waals surface area contributed by atoms with Crippen molar-refractivity contribution < 1.29 is 0 Å². The Hall–Kier alpha value is -1.20. The summed E-state index contributed by atoms with van der Waals surface area (Å²) in [5.41, 5.74) is 0. The SMILES string of the molecule is Cc1ccc(CC(C)NCc2ncnn2C)s1. The van der Waals surface area contributed by atoms with Crippen molar-refractivity contribution in [2.75, 3.05) is 0 Å². The normalized spacial score (nSPS) is 12.9. The van der Waals surface area contributed by atoms with Crippen molar-refractivity contribution in [3.63, 3.8) is 0 Å². The van der Waals surface area contributed by atoms with Gasteiger partial charge in [0.2, 0.25) is 0 Å². The summed E-state index contributed by atoms with van der Waals surface area (Å²) in [6, 6.07) is 4.83. The van der Waals surface area contributed by atoms with Crippen molar-refractivity contribution in [2.24, 2.45) is 7.05 Å². The highest BCUT2D eigenvalue weighted by Crippen LogP contribution is 2.16. The van der Waals surface area contributed by atoms with Crippen LogP contribution in [0, 0.1) is 6.92 Å². The molecule has 1 unspecified atom stereocenters. The van der Waals surface area contributed by atoms with E-state index in [4.69, 9.17) is 0 Å².